The molecular weight excluding hydrogens is 260 g/mol. The molecule has 0 aliphatic rings. The first kappa shape index (κ1) is 12.2. The standard InChI is InChI=1S/C13H12N4O3/c1-16-10-5-3-4-7(11(10)17(2)13(16)20)8-6-9(12(18)19)15-14-8/h3-6H,1-2H3,(H,14,15)(H,18,19). The highest BCUT2D eigenvalue weighted by molar-refractivity contribution is 5.93. The summed E-state index contributed by atoms with van der Waals surface area (Å²) in [6, 6.07) is 6.91. The van der Waals surface area contributed by atoms with Crippen LogP contribution >= 0.6 is 0 Å². The highest BCUT2D eigenvalue weighted by Gasteiger charge is 2.16. The molecule has 0 radical (unpaired) electrons. The van der Waals surface area contributed by atoms with Crippen molar-refractivity contribution in [2.24, 2.45) is 14.1 Å². The van der Waals surface area contributed by atoms with Gasteiger partial charge in [-0.2, -0.15) is 5.10 Å². The highest BCUT2D eigenvalue weighted by atomic mass is 16.4. The molecule has 0 spiro atoms. The molecule has 2 aromatic heterocycles. The molecular formula is C13H12N4O3. The van der Waals surface area contributed by atoms with E-state index in [0.29, 0.717) is 11.3 Å². The number of rotatable bonds is 2. The predicted molar refractivity (Wildman–Crippen MR) is 72.7 cm³/mol. The molecule has 0 saturated heterocycles. The number of imidazole rings is 1. The number of aryl methyl sites for hydroxylation is 2. The van der Waals surface area contributed by atoms with E-state index < -0.39 is 5.97 Å². The minimum Gasteiger partial charge on any atom is -0.477 e. The van der Waals surface area contributed by atoms with Gasteiger partial charge in [-0.3, -0.25) is 14.2 Å². The van der Waals surface area contributed by atoms with Crippen LogP contribution in [0.4, 0.5) is 0 Å². The van der Waals surface area contributed by atoms with E-state index in [9.17, 15) is 9.59 Å². The molecule has 102 valence electrons. The van der Waals surface area contributed by atoms with E-state index in [1.54, 1.807) is 18.7 Å². The number of nitrogens with zero attached hydrogens (tertiary/aromatic N) is 3. The number of aromatic amines is 1. The third-order valence-corrected chi connectivity index (χ3v) is 3.37. The van der Waals surface area contributed by atoms with E-state index in [4.69, 9.17) is 5.11 Å². The normalized spacial score (nSPS) is 11.1. The second-order valence-corrected chi connectivity index (χ2v) is 4.55. The highest BCUT2D eigenvalue weighted by Crippen LogP contribution is 2.26. The van der Waals surface area contributed by atoms with E-state index in [2.05, 4.69) is 10.2 Å². The molecule has 0 saturated carbocycles. The number of aromatic carboxylic acids is 1. The maximum absolute atomic E-state index is 12.0. The van der Waals surface area contributed by atoms with Crippen molar-refractivity contribution in [2.45, 2.75) is 0 Å². The lowest BCUT2D eigenvalue weighted by molar-refractivity contribution is 0.0690. The smallest absolute Gasteiger partial charge is 0.353 e. The zero-order valence-electron chi connectivity index (χ0n) is 10.9. The van der Waals surface area contributed by atoms with Gasteiger partial charge in [0, 0.05) is 19.7 Å². The molecule has 0 fully saturated rings. The van der Waals surface area contributed by atoms with E-state index in [1.165, 1.54) is 10.6 Å². The van der Waals surface area contributed by atoms with Crippen LogP contribution in [0.3, 0.4) is 0 Å². The second kappa shape index (κ2) is 4.09. The molecule has 3 aromatic rings. The summed E-state index contributed by atoms with van der Waals surface area (Å²) in [6.45, 7) is 0. The fourth-order valence-corrected chi connectivity index (χ4v) is 2.35. The summed E-state index contributed by atoms with van der Waals surface area (Å²) in [5, 5.41) is 15.4. The molecule has 2 N–H and O–H groups in total. The van der Waals surface area contributed by atoms with Crippen molar-refractivity contribution in [3.63, 3.8) is 0 Å². The molecule has 0 unspecified atom stereocenters. The van der Waals surface area contributed by atoms with Gasteiger partial charge in [0.2, 0.25) is 0 Å². The largest absolute Gasteiger partial charge is 0.477 e. The number of para-hydroxylation sites is 1. The van der Waals surface area contributed by atoms with Gasteiger partial charge in [0.1, 0.15) is 5.69 Å². The monoisotopic (exact) mass is 272 g/mol. The molecule has 20 heavy (non-hydrogen) atoms. The number of hydrogen-bond donors (Lipinski definition) is 2. The first-order chi connectivity index (χ1) is 9.50. The van der Waals surface area contributed by atoms with Crippen LogP contribution in [0.2, 0.25) is 0 Å². The summed E-state index contributed by atoms with van der Waals surface area (Å²) >= 11 is 0. The van der Waals surface area contributed by atoms with Gasteiger partial charge in [-0.25, -0.2) is 9.59 Å². The van der Waals surface area contributed by atoms with Crippen molar-refractivity contribution in [3.8, 4) is 11.3 Å². The molecule has 0 amide bonds. The van der Waals surface area contributed by atoms with Crippen LogP contribution in [0.1, 0.15) is 10.5 Å². The summed E-state index contributed by atoms with van der Waals surface area (Å²) in [5.74, 6) is -1.07. The van der Waals surface area contributed by atoms with Crippen molar-refractivity contribution in [1.82, 2.24) is 19.3 Å². The maximum Gasteiger partial charge on any atom is 0.353 e. The summed E-state index contributed by atoms with van der Waals surface area (Å²) in [6.07, 6.45) is 0. The quantitative estimate of drug-likeness (QED) is 0.726. The number of H-pyrrole nitrogens is 1. The molecule has 0 atom stereocenters. The van der Waals surface area contributed by atoms with E-state index in [1.807, 2.05) is 18.2 Å². The van der Waals surface area contributed by atoms with Gasteiger partial charge in [0.05, 0.1) is 16.7 Å². The van der Waals surface area contributed by atoms with Crippen molar-refractivity contribution in [3.05, 3.63) is 40.4 Å². The number of fused-ring (bicyclic) bond motifs is 1. The molecule has 0 aliphatic carbocycles. The fraction of sp³-hybridized carbons (Fsp3) is 0.154. The fourth-order valence-electron chi connectivity index (χ4n) is 2.35. The van der Waals surface area contributed by atoms with Crippen LogP contribution in [0.25, 0.3) is 22.3 Å². The van der Waals surface area contributed by atoms with Crippen LogP contribution in [0.15, 0.2) is 29.1 Å². The van der Waals surface area contributed by atoms with Crippen molar-refractivity contribution < 1.29 is 9.90 Å². The Labute approximate surface area is 113 Å². The minimum atomic E-state index is -1.07. The Morgan fingerprint density at radius 3 is 2.70 bits per heavy atom. The number of hydrogen-bond acceptors (Lipinski definition) is 3. The average molecular weight is 272 g/mol. The van der Waals surface area contributed by atoms with Gasteiger partial charge >= 0.3 is 11.7 Å². The summed E-state index contributed by atoms with van der Waals surface area (Å²) in [5.41, 5.74) is 2.58. The molecule has 0 aliphatic heterocycles. The number of aromatic nitrogens is 4. The molecule has 7 heteroatoms. The van der Waals surface area contributed by atoms with Crippen LogP contribution in [-0.4, -0.2) is 30.4 Å². The van der Waals surface area contributed by atoms with Gasteiger partial charge in [-0.15, -0.1) is 0 Å². The molecule has 3 rings (SSSR count). The average Bonchev–Trinajstić information content (AvgIpc) is 3.00. The molecule has 7 nitrogen and oxygen atoms in total. The summed E-state index contributed by atoms with van der Waals surface area (Å²) in [4.78, 5) is 22.9. The summed E-state index contributed by atoms with van der Waals surface area (Å²) in [7, 11) is 3.38. The third-order valence-electron chi connectivity index (χ3n) is 3.37. The van der Waals surface area contributed by atoms with E-state index in [0.717, 1.165) is 11.0 Å². The van der Waals surface area contributed by atoms with Crippen LogP contribution in [-0.2, 0) is 14.1 Å². The lowest BCUT2D eigenvalue weighted by Gasteiger charge is -2.01. The second-order valence-electron chi connectivity index (χ2n) is 4.55. The van der Waals surface area contributed by atoms with Crippen molar-refractivity contribution in [1.29, 1.82) is 0 Å². The van der Waals surface area contributed by atoms with Gasteiger partial charge in [-0.1, -0.05) is 12.1 Å². The molecule has 2 heterocycles. The Balaban J connectivity index is 2.33. The first-order valence-electron chi connectivity index (χ1n) is 5.94. The lowest BCUT2D eigenvalue weighted by Crippen LogP contribution is -2.19. The van der Waals surface area contributed by atoms with Gasteiger partial charge in [-0.05, 0) is 12.1 Å². The van der Waals surface area contributed by atoms with E-state index in [-0.39, 0.29) is 11.4 Å². The Hall–Kier alpha value is -2.83. The number of benzene rings is 1. The van der Waals surface area contributed by atoms with Gasteiger partial charge in [0.15, 0.2) is 0 Å². The van der Waals surface area contributed by atoms with Crippen LogP contribution in [0, 0.1) is 0 Å². The summed E-state index contributed by atoms with van der Waals surface area (Å²) < 4.78 is 3.07. The first-order valence-corrected chi connectivity index (χ1v) is 5.94. The van der Waals surface area contributed by atoms with Crippen LogP contribution < -0.4 is 5.69 Å². The Morgan fingerprint density at radius 1 is 1.30 bits per heavy atom. The van der Waals surface area contributed by atoms with Gasteiger partial charge in [0.25, 0.3) is 0 Å². The minimum absolute atomic E-state index is 0.0120. The SMILES string of the molecule is Cn1c(=O)n(C)c2c(-c3cc(C(=O)O)[nH]n3)cccc21. The lowest BCUT2D eigenvalue weighted by atomic mass is 10.1. The maximum atomic E-state index is 12.0. The number of carboxylic acids is 1. The number of carboxylic acid groups (broad SMARTS) is 1. The Kier molecular flexibility index (Phi) is 2.50. The third kappa shape index (κ3) is 1.56. The van der Waals surface area contributed by atoms with Crippen molar-refractivity contribution in [2.75, 3.05) is 0 Å². The Morgan fingerprint density at radius 2 is 2.05 bits per heavy atom. The Bertz CT molecular complexity index is 885. The predicted octanol–water partition coefficient (Wildman–Crippen LogP) is 0.965. The number of carbonyl (C=O) groups is 1. The van der Waals surface area contributed by atoms with Gasteiger partial charge < -0.3 is 5.11 Å². The number of nitrogens with one attached hydrogen (secondary N) is 1. The zero-order valence-corrected chi connectivity index (χ0v) is 10.9. The topological polar surface area (TPSA) is 92.9 Å². The van der Waals surface area contributed by atoms with Crippen LogP contribution in [0.5, 0.6) is 0 Å². The van der Waals surface area contributed by atoms with Crippen molar-refractivity contribution >= 4 is 17.0 Å². The molecule has 1 aromatic carbocycles. The molecule has 0 bridgehead atoms. The van der Waals surface area contributed by atoms with E-state index >= 15 is 0 Å². The zero-order chi connectivity index (χ0) is 14.4.